The fourth-order valence-corrected chi connectivity index (χ4v) is 3.67. The minimum absolute atomic E-state index is 0.457. The van der Waals surface area contributed by atoms with E-state index in [0.717, 1.165) is 22.2 Å². The van der Waals surface area contributed by atoms with Crippen LogP contribution in [0.15, 0.2) is 52.9 Å². The monoisotopic (exact) mass is 435 g/mol. The summed E-state index contributed by atoms with van der Waals surface area (Å²) in [6.45, 7) is 2.42. The van der Waals surface area contributed by atoms with Gasteiger partial charge in [0.25, 0.3) is 0 Å². The maximum absolute atomic E-state index is 6.13. The van der Waals surface area contributed by atoms with E-state index in [1.54, 1.807) is 28.4 Å². The van der Waals surface area contributed by atoms with Gasteiger partial charge in [0.1, 0.15) is 5.52 Å². The summed E-state index contributed by atoms with van der Waals surface area (Å²) in [6, 6.07) is 15.2. The fraction of sp³-hybridized carbons (Fsp3) is 0.240. The number of oxazole rings is 1. The molecule has 166 valence electrons. The molecule has 0 aliphatic carbocycles. The lowest BCUT2D eigenvalue weighted by atomic mass is 10.0. The SMILES string of the molecule is CCOc1c(OC)cccc1-c1nc2ccc(-c3ccc(OC)c(OC)c3OC)cc2o1. The van der Waals surface area contributed by atoms with Crippen molar-refractivity contribution in [2.45, 2.75) is 6.92 Å². The van der Waals surface area contributed by atoms with Gasteiger partial charge in [-0.15, -0.1) is 0 Å². The molecule has 0 bridgehead atoms. The molecule has 0 fully saturated rings. The predicted octanol–water partition coefficient (Wildman–Crippen LogP) is 5.59. The summed E-state index contributed by atoms with van der Waals surface area (Å²) >= 11 is 0. The number of fused-ring (bicyclic) bond motifs is 1. The lowest BCUT2D eigenvalue weighted by Gasteiger charge is -2.15. The molecule has 0 unspecified atom stereocenters. The molecule has 0 amide bonds. The highest BCUT2D eigenvalue weighted by Gasteiger charge is 2.20. The van der Waals surface area contributed by atoms with E-state index in [1.807, 2.05) is 55.5 Å². The zero-order valence-electron chi connectivity index (χ0n) is 18.7. The van der Waals surface area contributed by atoms with Gasteiger partial charge >= 0.3 is 0 Å². The average Bonchev–Trinajstić information content (AvgIpc) is 3.26. The number of aromatic nitrogens is 1. The molecule has 7 nitrogen and oxygen atoms in total. The van der Waals surface area contributed by atoms with Crippen LogP contribution in [0.4, 0.5) is 0 Å². The number of rotatable bonds is 8. The van der Waals surface area contributed by atoms with Gasteiger partial charge in [0.05, 0.1) is 40.6 Å². The van der Waals surface area contributed by atoms with E-state index in [9.17, 15) is 0 Å². The highest BCUT2D eigenvalue weighted by Crippen LogP contribution is 2.45. The van der Waals surface area contributed by atoms with Gasteiger partial charge in [0.15, 0.2) is 28.6 Å². The molecular formula is C25H25NO6. The van der Waals surface area contributed by atoms with Crippen molar-refractivity contribution in [1.29, 1.82) is 0 Å². The highest BCUT2D eigenvalue weighted by atomic mass is 16.5. The Morgan fingerprint density at radius 2 is 1.50 bits per heavy atom. The van der Waals surface area contributed by atoms with E-state index in [4.69, 9.17) is 28.1 Å². The molecule has 0 aliphatic rings. The molecule has 1 heterocycles. The Morgan fingerprint density at radius 3 is 2.19 bits per heavy atom. The first kappa shape index (κ1) is 21.4. The lowest BCUT2D eigenvalue weighted by molar-refractivity contribution is 0.311. The van der Waals surface area contributed by atoms with Crippen molar-refractivity contribution in [1.82, 2.24) is 4.98 Å². The van der Waals surface area contributed by atoms with Crippen molar-refractivity contribution < 1.29 is 28.1 Å². The quantitative estimate of drug-likeness (QED) is 0.357. The van der Waals surface area contributed by atoms with Crippen molar-refractivity contribution >= 4 is 11.1 Å². The maximum atomic E-state index is 6.13. The first-order valence-electron chi connectivity index (χ1n) is 10.1. The molecular weight excluding hydrogens is 410 g/mol. The molecule has 0 atom stereocenters. The van der Waals surface area contributed by atoms with Gasteiger partial charge in [-0.05, 0) is 48.9 Å². The van der Waals surface area contributed by atoms with Gasteiger partial charge < -0.3 is 28.1 Å². The molecule has 0 saturated carbocycles. The van der Waals surface area contributed by atoms with Gasteiger partial charge in [-0.2, -0.15) is 0 Å². The largest absolute Gasteiger partial charge is 0.493 e. The summed E-state index contributed by atoms with van der Waals surface area (Å²) in [7, 11) is 6.38. The molecule has 0 radical (unpaired) electrons. The summed E-state index contributed by atoms with van der Waals surface area (Å²) in [5.41, 5.74) is 3.84. The summed E-state index contributed by atoms with van der Waals surface area (Å²) in [5.74, 6) is 3.39. The van der Waals surface area contributed by atoms with Gasteiger partial charge in [-0.25, -0.2) is 4.98 Å². The molecule has 32 heavy (non-hydrogen) atoms. The Labute approximate surface area is 186 Å². The fourth-order valence-electron chi connectivity index (χ4n) is 3.67. The molecule has 3 aromatic carbocycles. The molecule has 4 aromatic rings. The third kappa shape index (κ3) is 3.66. The Kier molecular flexibility index (Phi) is 6.07. The van der Waals surface area contributed by atoms with Crippen molar-refractivity contribution in [3.05, 3.63) is 48.5 Å². The number of para-hydroxylation sites is 1. The molecule has 0 N–H and O–H groups in total. The van der Waals surface area contributed by atoms with Crippen molar-refractivity contribution in [3.63, 3.8) is 0 Å². The molecule has 7 heteroatoms. The second-order valence-corrected chi connectivity index (χ2v) is 6.85. The Bertz CT molecular complexity index is 1250. The van der Waals surface area contributed by atoms with Crippen LogP contribution >= 0.6 is 0 Å². The number of hydrogen-bond donors (Lipinski definition) is 0. The van der Waals surface area contributed by atoms with Crippen LogP contribution in [0.1, 0.15) is 6.92 Å². The number of methoxy groups -OCH3 is 4. The zero-order valence-corrected chi connectivity index (χ0v) is 18.7. The number of benzene rings is 3. The Morgan fingerprint density at radius 1 is 0.750 bits per heavy atom. The second-order valence-electron chi connectivity index (χ2n) is 6.85. The Balaban J connectivity index is 1.83. The topological polar surface area (TPSA) is 72.2 Å². The van der Waals surface area contributed by atoms with E-state index in [0.29, 0.717) is 46.8 Å². The highest BCUT2D eigenvalue weighted by molar-refractivity contribution is 5.86. The number of hydrogen-bond acceptors (Lipinski definition) is 7. The average molecular weight is 435 g/mol. The van der Waals surface area contributed by atoms with E-state index in [-0.39, 0.29) is 0 Å². The molecule has 1 aromatic heterocycles. The van der Waals surface area contributed by atoms with E-state index < -0.39 is 0 Å². The van der Waals surface area contributed by atoms with E-state index in [1.165, 1.54) is 0 Å². The maximum Gasteiger partial charge on any atom is 0.231 e. The predicted molar refractivity (Wildman–Crippen MR) is 122 cm³/mol. The smallest absolute Gasteiger partial charge is 0.231 e. The van der Waals surface area contributed by atoms with Gasteiger partial charge in [0, 0.05) is 5.56 Å². The van der Waals surface area contributed by atoms with Gasteiger partial charge in [0.2, 0.25) is 11.6 Å². The number of ether oxygens (including phenoxy) is 5. The standard InChI is InChI=1S/C25H25NO6/c1-6-31-22-17(8-7-9-19(22)27-2)25-26-18-12-10-15(14-21(18)32-25)16-11-13-20(28-3)24(30-5)23(16)29-4/h7-14H,6H2,1-5H3. The van der Waals surface area contributed by atoms with Crippen molar-refractivity contribution in [3.8, 4) is 51.3 Å². The van der Waals surface area contributed by atoms with Crippen molar-refractivity contribution in [2.24, 2.45) is 0 Å². The van der Waals surface area contributed by atoms with Crippen LogP contribution in [0.2, 0.25) is 0 Å². The normalized spacial score (nSPS) is 10.8. The van der Waals surface area contributed by atoms with Crippen LogP contribution in [-0.2, 0) is 0 Å². The first-order chi connectivity index (χ1) is 15.6. The summed E-state index contributed by atoms with van der Waals surface area (Å²) < 4.78 is 33.9. The van der Waals surface area contributed by atoms with Crippen LogP contribution < -0.4 is 23.7 Å². The van der Waals surface area contributed by atoms with E-state index in [2.05, 4.69) is 4.98 Å². The summed E-state index contributed by atoms with van der Waals surface area (Å²) in [5, 5.41) is 0. The third-order valence-corrected chi connectivity index (χ3v) is 5.12. The Hall–Kier alpha value is -3.87. The number of nitrogens with zero attached hydrogens (tertiary/aromatic N) is 1. The minimum atomic E-state index is 0.457. The van der Waals surface area contributed by atoms with Crippen LogP contribution in [-0.4, -0.2) is 40.0 Å². The first-order valence-corrected chi connectivity index (χ1v) is 10.1. The summed E-state index contributed by atoms with van der Waals surface area (Å²) in [6.07, 6.45) is 0. The van der Waals surface area contributed by atoms with Crippen molar-refractivity contribution in [2.75, 3.05) is 35.0 Å². The van der Waals surface area contributed by atoms with Crippen LogP contribution in [0.5, 0.6) is 28.7 Å². The molecule has 4 rings (SSSR count). The molecule has 0 spiro atoms. The van der Waals surface area contributed by atoms with Gasteiger partial charge in [-0.1, -0.05) is 12.1 Å². The van der Waals surface area contributed by atoms with Gasteiger partial charge in [-0.3, -0.25) is 0 Å². The lowest BCUT2D eigenvalue weighted by Crippen LogP contribution is -1.97. The molecule has 0 saturated heterocycles. The van der Waals surface area contributed by atoms with Crippen LogP contribution in [0.25, 0.3) is 33.7 Å². The minimum Gasteiger partial charge on any atom is -0.493 e. The zero-order chi connectivity index (χ0) is 22.7. The van der Waals surface area contributed by atoms with E-state index >= 15 is 0 Å². The third-order valence-electron chi connectivity index (χ3n) is 5.12. The summed E-state index contributed by atoms with van der Waals surface area (Å²) in [4.78, 5) is 4.66. The molecule has 0 aliphatic heterocycles. The van der Waals surface area contributed by atoms with Crippen LogP contribution in [0, 0.1) is 0 Å². The van der Waals surface area contributed by atoms with Crippen LogP contribution in [0.3, 0.4) is 0 Å². The second kappa shape index (κ2) is 9.09.